The largest absolute Gasteiger partial charge is 0.363 e. The fraction of sp³-hybridized carbons (Fsp3) is 0.761. The van der Waals surface area contributed by atoms with Crippen LogP contribution in [0.2, 0.25) is 0 Å². The van der Waals surface area contributed by atoms with E-state index >= 15 is 0 Å². The summed E-state index contributed by atoms with van der Waals surface area (Å²) in [6.07, 6.45) is 5.30. The van der Waals surface area contributed by atoms with Crippen molar-refractivity contribution in [2.75, 3.05) is 56.4 Å². The zero-order valence-electron chi connectivity index (χ0n) is 54.0. The summed E-state index contributed by atoms with van der Waals surface area (Å²) in [5.41, 5.74) is 9.02. The molecule has 2 aromatic rings. The molecule has 0 saturated carbocycles. The second kappa shape index (κ2) is 46.4. The Balaban J connectivity index is -0.0000000989. The molecule has 8 heteroatoms. The van der Waals surface area contributed by atoms with Crippen LogP contribution in [0.3, 0.4) is 0 Å². The zero-order valence-corrected chi connectivity index (χ0v) is 54.0. The fourth-order valence-corrected chi connectivity index (χ4v) is 7.03. The SMILES string of the molecule is C.C.C.C.C/C(=N\N(C)C)C(C)(C)C(C)C.CC.CC.CCC(C)(C)CC(C)C.CCC(C)(C)CC(C)C.CN=C(N(C)C)N(C)/N=C(\C)C(C)(C)C(C)C.Cc1ccc2c(c1)CN=C2N(C)C.Cc1ccccc1. The van der Waals surface area contributed by atoms with Gasteiger partial charge in [0.15, 0.2) is 0 Å². The normalized spacial score (nSPS) is 11.9. The maximum atomic E-state index is 4.64. The Kier molecular flexibility index (Phi) is 56.2. The molecule has 1 aliphatic heterocycles. The highest BCUT2D eigenvalue weighted by molar-refractivity contribution is 6.01. The maximum Gasteiger partial charge on any atom is 0.216 e. The molecule has 2 aromatic carbocycles. The molecule has 0 fully saturated rings. The van der Waals surface area contributed by atoms with Gasteiger partial charge < -0.3 is 14.8 Å². The van der Waals surface area contributed by atoms with E-state index in [0.29, 0.717) is 22.7 Å². The van der Waals surface area contributed by atoms with Crippen molar-refractivity contribution in [1.29, 1.82) is 0 Å². The molecule has 1 aliphatic rings. The van der Waals surface area contributed by atoms with Crippen LogP contribution in [0.4, 0.5) is 0 Å². The Morgan fingerprint density at radius 2 is 0.947 bits per heavy atom. The van der Waals surface area contributed by atoms with E-state index in [9.17, 15) is 0 Å². The minimum atomic E-state index is 0. The Morgan fingerprint density at radius 3 is 1.20 bits per heavy atom. The quantitative estimate of drug-likeness (QED) is 0.121. The molecule has 0 aromatic heterocycles. The van der Waals surface area contributed by atoms with Gasteiger partial charge in [0.05, 0.1) is 6.54 Å². The van der Waals surface area contributed by atoms with Gasteiger partial charge in [-0.2, -0.15) is 10.2 Å². The first-order valence-electron chi connectivity index (χ1n) is 27.5. The summed E-state index contributed by atoms with van der Waals surface area (Å²) in [6.45, 7) is 58.1. The second-order valence-corrected chi connectivity index (χ2v) is 23.5. The third-order valence-corrected chi connectivity index (χ3v) is 13.4. The summed E-state index contributed by atoms with van der Waals surface area (Å²) >= 11 is 0. The number of amidine groups is 1. The lowest BCUT2D eigenvalue weighted by Gasteiger charge is -2.31. The van der Waals surface area contributed by atoms with Gasteiger partial charge in [-0.15, -0.1) is 0 Å². The molecule has 0 atom stereocenters. The second-order valence-electron chi connectivity index (χ2n) is 23.5. The third kappa shape index (κ3) is 42.1. The minimum absolute atomic E-state index is 0. The number of rotatable bonds is 12. The average Bonchev–Trinajstić information content (AvgIpc) is 3.69. The summed E-state index contributed by atoms with van der Waals surface area (Å²) in [6, 6.07) is 16.8. The van der Waals surface area contributed by atoms with Gasteiger partial charge in [0.2, 0.25) is 5.96 Å². The summed E-state index contributed by atoms with van der Waals surface area (Å²) < 4.78 is 0. The van der Waals surface area contributed by atoms with E-state index in [2.05, 4.69) is 208 Å². The molecule has 0 radical (unpaired) electrons. The molecule has 0 saturated heterocycles. The smallest absolute Gasteiger partial charge is 0.216 e. The van der Waals surface area contributed by atoms with Crippen LogP contribution in [0, 0.1) is 59.2 Å². The summed E-state index contributed by atoms with van der Waals surface area (Å²) in [7, 11) is 15.6. The van der Waals surface area contributed by atoms with Crippen LogP contribution in [0.25, 0.3) is 0 Å². The van der Waals surface area contributed by atoms with Crippen molar-refractivity contribution >= 4 is 23.2 Å². The highest BCUT2D eigenvalue weighted by Crippen LogP contribution is 2.30. The van der Waals surface area contributed by atoms with E-state index in [1.165, 1.54) is 53.6 Å². The average molecular weight is 1060 g/mol. The van der Waals surface area contributed by atoms with Crippen LogP contribution in [0.15, 0.2) is 68.7 Å². The first-order chi connectivity index (χ1) is 32.5. The van der Waals surface area contributed by atoms with E-state index in [-0.39, 0.29) is 40.5 Å². The summed E-state index contributed by atoms with van der Waals surface area (Å²) in [5, 5.41) is 12.8. The van der Waals surface area contributed by atoms with E-state index in [0.717, 1.165) is 35.9 Å². The van der Waals surface area contributed by atoms with Crippen molar-refractivity contribution in [2.24, 2.45) is 65.5 Å². The Labute approximate surface area is 475 Å². The van der Waals surface area contributed by atoms with Gasteiger partial charge in [0.25, 0.3) is 0 Å². The predicted molar refractivity (Wildman–Crippen MR) is 355 cm³/mol. The Morgan fingerprint density at radius 1 is 0.573 bits per heavy atom. The molecule has 8 nitrogen and oxygen atoms in total. The van der Waals surface area contributed by atoms with Crippen molar-refractivity contribution in [3.05, 3.63) is 70.8 Å². The van der Waals surface area contributed by atoms with Crippen LogP contribution >= 0.6 is 0 Å². The molecule has 0 bridgehead atoms. The standard InChI is InChI=1S/C13H28N4.C11H14N2.C10H22N2.2C9H20.C7H8.2C2H6.4CH4/c1-10(2)13(4,5)11(3)15-17(9)12(14-6)16(7)8;1-8-4-5-10-9(6-8)7-12-11(10)13(2)3;1-8(2)10(4,5)9(3)11-12(6)7;2*1-6-9(4,5)7-8(2)3;1-7-5-3-2-4-6-7;2*1-2;;;;/h10H,1-9H3;4-6H,7H2,1-3H3;8H,1-7H3;2*8H,6-7H2,1-5H3;2-6H,1H3;2*1-2H3;4*1H4/b14-12?,15-11+;;11-9+;;;;;;;;;. The number of guanidine groups is 1. The van der Waals surface area contributed by atoms with Crippen LogP contribution in [0.1, 0.15) is 244 Å². The van der Waals surface area contributed by atoms with Crippen molar-refractivity contribution in [3.8, 4) is 0 Å². The Hall–Kier alpha value is -3.68. The number of hydrogen-bond donors (Lipinski definition) is 0. The van der Waals surface area contributed by atoms with E-state index < -0.39 is 0 Å². The van der Waals surface area contributed by atoms with E-state index in [4.69, 9.17) is 0 Å². The van der Waals surface area contributed by atoms with Crippen LogP contribution < -0.4 is 0 Å². The number of aryl methyl sites for hydroxylation is 2. The number of hydrazone groups is 2. The van der Waals surface area contributed by atoms with Gasteiger partial charge in [-0.1, -0.05) is 255 Å². The van der Waals surface area contributed by atoms with Crippen molar-refractivity contribution < 1.29 is 0 Å². The molecule has 3 rings (SSSR count). The number of aliphatic imine (C=N–C) groups is 2. The minimum Gasteiger partial charge on any atom is -0.363 e. The van der Waals surface area contributed by atoms with Gasteiger partial charge in [0, 0.05) is 84.2 Å². The highest BCUT2D eigenvalue weighted by Gasteiger charge is 2.27. The molecule has 448 valence electrons. The lowest BCUT2D eigenvalue weighted by Crippen LogP contribution is -2.37. The molecule has 0 unspecified atom stereocenters. The van der Waals surface area contributed by atoms with E-state index in [1.807, 2.05) is 110 Å². The first-order valence-corrected chi connectivity index (χ1v) is 27.5. The van der Waals surface area contributed by atoms with Gasteiger partial charge in [-0.05, 0) is 80.6 Å². The van der Waals surface area contributed by atoms with Gasteiger partial charge >= 0.3 is 0 Å². The first kappa shape index (κ1) is 90.8. The molecule has 0 spiro atoms. The lowest BCUT2D eigenvalue weighted by molar-refractivity contribution is 0.277. The molecule has 0 N–H and O–H groups in total. The topological polar surface area (TPSA) is 62.4 Å². The number of benzene rings is 2. The highest BCUT2D eigenvalue weighted by atomic mass is 15.5. The van der Waals surface area contributed by atoms with Crippen molar-refractivity contribution in [2.45, 2.75) is 242 Å². The number of nitrogens with zero attached hydrogens (tertiary/aromatic N) is 8. The lowest BCUT2D eigenvalue weighted by atomic mass is 9.77. The zero-order chi connectivity index (χ0) is 57.3. The third-order valence-electron chi connectivity index (χ3n) is 13.4. The predicted octanol–water partition coefficient (Wildman–Crippen LogP) is 20.5. The molecular weight excluding hydrogens is 917 g/mol. The van der Waals surface area contributed by atoms with Crippen LogP contribution in [-0.4, -0.2) is 99.4 Å². The van der Waals surface area contributed by atoms with Crippen LogP contribution in [0.5, 0.6) is 0 Å². The fourth-order valence-electron chi connectivity index (χ4n) is 7.03. The van der Waals surface area contributed by atoms with Gasteiger partial charge in [-0.3, -0.25) is 9.98 Å². The number of hydrogen-bond acceptors (Lipinski definition) is 6. The summed E-state index contributed by atoms with van der Waals surface area (Å²) in [5.74, 6) is 4.83. The number of fused-ring (bicyclic) bond motifs is 1. The molecule has 75 heavy (non-hydrogen) atoms. The molecular formula is C67H140N8. The maximum absolute atomic E-state index is 4.64. The van der Waals surface area contributed by atoms with Crippen molar-refractivity contribution in [1.82, 2.24) is 19.8 Å². The summed E-state index contributed by atoms with van der Waals surface area (Å²) in [4.78, 5) is 12.7. The van der Waals surface area contributed by atoms with Gasteiger partial charge in [-0.25, -0.2) is 5.01 Å². The van der Waals surface area contributed by atoms with Crippen molar-refractivity contribution in [3.63, 3.8) is 0 Å². The van der Waals surface area contributed by atoms with Crippen LogP contribution in [-0.2, 0) is 6.54 Å². The molecule has 0 amide bonds. The van der Waals surface area contributed by atoms with E-state index in [1.54, 1.807) is 7.05 Å². The monoisotopic (exact) mass is 1060 g/mol. The molecule has 1 heterocycles. The Bertz CT molecular complexity index is 1710. The van der Waals surface area contributed by atoms with Gasteiger partial charge in [0.1, 0.15) is 5.84 Å². The molecule has 0 aliphatic carbocycles.